The summed E-state index contributed by atoms with van der Waals surface area (Å²) in [6.45, 7) is 11.8. The molecule has 1 N–H and O–H groups in total. The summed E-state index contributed by atoms with van der Waals surface area (Å²) in [4.78, 5) is 12.4. The minimum absolute atomic E-state index is 0.252. The van der Waals surface area contributed by atoms with E-state index in [2.05, 4.69) is 33.1 Å². The highest BCUT2D eigenvalue weighted by Gasteiger charge is 2.57. The highest BCUT2D eigenvalue weighted by atomic mass is 16.5. The van der Waals surface area contributed by atoms with E-state index in [1.54, 1.807) is 0 Å². The van der Waals surface area contributed by atoms with Gasteiger partial charge in [0.05, 0.1) is 33.2 Å². The van der Waals surface area contributed by atoms with E-state index < -0.39 is 0 Å². The van der Waals surface area contributed by atoms with Crippen LogP contribution in [0.4, 0.5) is 0 Å². The van der Waals surface area contributed by atoms with Crippen molar-refractivity contribution in [1.82, 2.24) is 5.32 Å². The van der Waals surface area contributed by atoms with Crippen LogP contribution < -0.4 is 5.32 Å². The Morgan fingerprint density at radius 1 is 1.27 bits per heavy atom. The van der Waals surface area contributed by atoms with Gasteiger partial charge in [-0.3, -0.25) is 4.79 Å². The first kappa shape index (κ1) is 16.3. The molecule has 1 aliphatic heterocycles. The average Bonchev–Trinajstić information content (AvgIpc) is 2.86. The van der Waals surface area contributed by atoms with Crippen molar-refractivity contribution in [2.75, 3.05) is 39.9 Å². The second-order valence-corrected chi connectivity index (χ2v) is 9.23. The van der Waals surface area contributed by atoms with Crippen LogP contribution in [-0.2, 0) is 9.53 Å². The predicted octanol–water partition coefficient (Wildman–Crippen LogP) is 2.18. The molecule has 2 saturated carbocycles. The van der Waals surface area contributed by atoms with Gasteiger partial charge < -0.3 is 14.5 Å². The van der Waals surface area contributed by atoms with Crippen molar-refractivity contribution in [3.8, 4) is 0 Å². The van der Waals surface area contributed by atoms with Crippen molar-refractivity contribution < 1.29 is 14.0 Å². The van der Waals surface area contributed by atoms with Crippen molar-refractivity contribution in [3.63, 3.8) is 0 Å². The smallest absolute Gasteiger partial charge is 0.225 e. The van der Waals surface area contributed by atoms with Crippen LogP contribution in [0.1, 0.15) is 46.5 Å². The summed E-state index contributed by atoms with van der Waals surface area (Å²) in [6.07, 6.45) is 4.36. The average molecular weight is 309 g/mol. The number of carbonyl (C=O) groups is 1. The first-order valence-electron chi connectivity index (χ1n) is 8.93. The Balaban J connectivity index is 1.49. The van der Waals surface area contributed by atoms with Crippen LogP contribution in [0.3, 0.4) is 0 Å². The number of likely N-dealkylation sites (N-methyl/N-ethyl adjacent to an activating group) is 1. The summed E-state index contributed by atoms with van der Waals surface area (Å²) in [6, 6.07) is 0.396. The molecule has 1 heterocycles. The Bertz CT molecular complexity index is 442. The number of morpholine rings is 1. The molecule has 1 saturated heterocycles. The van der Waals surface area contributed by atoms with Crippen LogP contribution in [0, 0.1) is 16.7 Å². The molecule has 3 aliphatic rings. The molecule has 0 radical (unpaired) electrons. The monoisotopic (exact) mass is 309 g/mol. The lowest BCUT2D eigenvalue weighted by molar-refractivity contribution is -0.916. The molecule has 126 valence electrons. The summed E-state index contributed by atoms with van der Waals surface area (Å²) in [7, 11) is 2.25. The van der Waals surface area contributed by atoms with Gasteiger partial charge in [0, 0.05) is 6.04 Å². The Morgan fingerprint density at radius 2 is 1.95 bits per heavy atom. The maximum absolute atomic E-state index is 12.4. The van der Waals surface area contributed by atoms with Crippen LogP contribution in [0.25, 0.3) is 0 Å². The van der Waals surface area contributed by atoms with Crippen LogP contribution in [0.15, 0.2) is 0 Å². The molecule has 0 aromatic carbocycles. The van der Waals surface area contributed by atoms with Crippen molar-refractivity contribution in [1.29, 1.82) is 0 Å². The van der Waals surface area contributed by atoms with E-state index >= 15 is 0 Å². The molecule has 4 nitrogen and oxygen atoms in total. The minimum Gasteiger partial charge on any atom is -0.370 e. The zero-order valence-corrected chi connectivity index (χ0v) is 14.8. The number of ether oxygens (including phenoxy) is 1. The van der Waals surface area contributed by atoms with Gasteiger partial charge >= 0.3 is 0 Å². The van der Waals surface area contributed by atoms with Crippen LogP contribution >= 0.6 is 0 Å². The third-order valence-corrected chi connectivity index (χ3v) is 6.80. The molecule has 22 heavy (non-hydrogen) atoms. The molecule has 2 bridgehead atoms. The zero-order chi connectivity index (χ0) is 16.0. The Morgan fingerprint density at radius 3 is 2.50 bits per heavy atom. The second-order valence-electron chi connectivity index (χ2n) is 9.23. The number of fused-ring (bicyclic) bond motifs is 2. The van der Waals surface area contributed by atoms with Crippen molar-refractivity contribution in [2.24, 2.45) is 16.7 Å². The molecule has 4 heteroatoms. The highest BCUT2D eigenvalue weighted by molar-refractivity contribution is 5.76. The van der Waals surface area contributed by atoms with Gasteiger partial charge in [0.1, 0.15) is 13.1 Å². The molecular formula is C18H33N2O2+. The zero-order valence-electron chi connectivity index (χ0n) is 14.8. The third-order valence-electron chi connectivity index (χ3n) is 6.80. The van der Waals surface area contributed by atoms with Gasteiger partial charge in [-0.1, -0.05) is 20.8 Å². The second kappa shape index (κ2) is 5.48. The third kappa shape index (κ3) is 3.05. The van der Waals surface area contributed by atoms with Crippen molar-refractivity contribution in [2.45, 2.75) is 52.5 Å². The van der Waals surface area contributed by atoms with E-state index in [-0.39, 0.29) is 5.91 Å². The van der Waals surface area contributed by atoms with Gasteiger partial charge in [0.15, 0.2) is 0 Å². The molecule has 1 amide bonds. The van der Waals surface area contributed by atoms with Crippen molar-refractivity contribution >= 4 is 5.91 Å². The number of nitrogens with zero attached hydrogens (tertiary/aromatic N) is 1. The number of carbonyl (C=O) groups excluding carboxylic acids is 1. The lowest BCUT2D eigenvalue weighted by atomic mass is 9.70. The topological polar surface area (TPSA) is 38.3 Å². The minimum atomic E-state index is 0.252. The van der Waals surface area contributed by atoms with Gasteiger partial charge in [-0.25, -0.2) is 0 Å². The summed E-state index contributed by atoms with van der Waals surface area (Å²) >= 11 is 0. The fraction of sp³-hybridized carbons (Fsp3) is 0.944. The largest absolute Gasteiger partial charge is 0.370 e. The van der Waals surface area contributed by atoms with Gasteiger partial charge in [-0.15, -0.1) is 0 Å². The molecule has 2 aliphatic carbocycles. The van der Waals surface area contributed by atoms with Crippen molar-refractivity contribution in [3.05, 3.63) is 0 Å². The number of nitrogens with one attached hydrogen (secondary N) is 1. The normalized spacial score (nSPS) is 38.9. The number of hydrogen-bond donors (Lipinski definition) is 1. The summed E-state index contributed by atoms with van der Waals surface area (Å²) in [5, 5.41) is 3.37. The van der Waals surface area contributed by atoms with Gasteiger partial charge in [0.25, 0.3) is 0 Å². The molecular weight excluding hydrogens is 276 g/mol. The SMILES string of the molecule is CC1(C)C[C@]2(C)C[C@@H]1C[C@@H]2NC(=O)CC[N+]1(C)CCOCC1. The molecule has 0 aromatic rings. The molecule has 0 spiro atoms. The molecule has 3 rings (SSSR count). The molecule has 0 unspecified atom stereocenters. The van der Waals surface area contributed by atoms with Crippen LogP contribution in [0.5, 0.6) is 0 Å². The first-order valence-corrected chi connectivity index (χ1v) is 8.93. The Labute approximate surface area is 135 Å². The van der Waals surface area contributed by atoms with E-state index in [0.717, 1.165) is 43.2 Å². The van der Waals surface area contributed by atoms with E-state index in [1.165, 1.54) is 19.3 Å². The summed E-state index contributed by atoms with van der Waals surface area (Å²) < 4.78 is 6.41. The number of rotatable bonds is 4. The maximum Gasteiger partial charge on any atom is 0.225 e. The van der Waals surface area contributed by atoms with Gasteiger partial charge in [-0.2, -0.15) is 0 Å². The number of quaternary nitrogens is 1. The van der Waals surface area contributed by atoms with Crippen LogP contribution in [0.2, 0.25) is 0 Å². The van der Waals surface area contributed by atoms with E-state index in [9.17, 15) is 4.79 Å². The quantitative estimate of drug-likeness (QED) is 0.809. The van der Waals surface area contributed by atoms with Gasteiger partial charge in [0.2, 0.25) is 5.91 Å². The van der Waals surface area contributed by atoms with Gasteiger partial charge in [-0.05, 0) is 36.0 Å². The lowest BCUT2D eigenvalue weighted by Gasteiger charge is -2.40. The maximum atomic E-state index is 12.4. The Kier molecular flexibility index (Phi) is 4.05. The van der Waals surface area contributed by atoms with Crippen LogP contribution in [-0.4, -0.2) is 56.3 Å². The number of amides is 1. The number of hydrogen-bond acceptors (Lipinski definition) is 2. The summed E-state index contributed by atoms with van der Waals surface area (Å²) in [5.41, 5.74) is 0.781. The molecule has 3 atom stereocenters. The molecule has 0 aromatic heterocycles. The van der Waals surface area contributed by atoms with E-state index in [1.807, 2.05) is 0 Å². The Hall–Kier alpha value is -0.610. The first-order chi connectivity index (χ1) is 10.2. The van der Waals surface area contributed by atoms with E-state index in [4.69, 9.17) is 4.74 Å². The highest BCUT2D eigenvalue weighted by Crippen LogP contribution is 2.62. The fourth-order valence-corrected chi connectivity index (χ4v) is 5.21. The lowest BCUT2D eigenvalue weighted by Crippen LogP contribution is -2.54. The predicted molar refractivity (Wildman–Crippen MR) is 87.4 cm³/mol. The fourth-order valence-electron chi connectivity index (χ4n) is 5.21. The standard InChI is InChI=1S/C18H32N2O2/c1-17(2)13-18(3)12-14(17)11-15(18)19-16(21)5-6-20(4)7-9-22-10-8-20/h14-15H,5-13H2,1-4H3/p+1/t14-,15-,18-/m0/s1. The van der Waals surface area contributed by atoms with E-state index in [0.29, 0.717) is 23.3 Å². The molecule has 3 fully saturated rings. The summed E-state index contributed by atoms with van der Waals surface area (Å²) in [5.74, 6) is 1.04.